The van der Waals surface area contributed by atoms with Crippen molar-refractivity contribution in [2.45, 2.75) is 39.7 Å². The number of hydrogen-bond acceptors (Lipinski definition) is 3. The molecule has 0 aliphatic rings. The lowest BCUT2D eigenvalue weighted by molar-refractivity contribution is 0.299. The minimum Gasteiger partial charge on any atom is -0.478 e. The second-order valence-corrected chi connectivity index (χ2v) is 4.41. The zero-order chi connectivity index (χ0) is 13.2. The molecule has 0 bridgehead atoms. The van der Waals surface area contributed by atoms with Crippen LogP contribution < -0.4 is 10.1 Å². The van der Waals surface area contributed by atoms with E-state index in [-0.39, 0.29) is 0 Å². The Morgan fingerprint density at radius 1 is 1.44 bits per heavy atom. The lowest BCUT2D eigenvalue weighted by Crippen LogP contribution is -2.14. The van der Waals surface area contributed by atoms with Crippen LogP contribution in [0, 0.1) is 6.92 Å². The van der Waals surface area contributed by atoms with E-state index in [1.807, 2.05) is 19.1 Å². The summed E-state index contributed by atoms with van der Waals surface area (Å²) in [5, 5.41) is 3.39. The molecule has 0 unspecified atom stereocenters. The van der Waals surface area contributed by atoms with Crippen molar-refractivity contribution in [2.75, 3.05) is 13.2 Å². The fraction of sp³-hybridized carbons (Fsp3) is 0.533. The van der Waals surface area contributed by atoms with Crippen LogP contribution in [0.1, 0.15) is 37.4 Å². The van der Waals surface area contributed by atoms with E-state index in [9.17, 15) is 0 Å². The van der Waals surface area contributed by atoms with E-state index in [0.29, 0.717) is 6.61 Å². The van der Waals surface area contributed by atoms with Crippen molar-refractivity contribution in [3.05, 3.63) is 36.0 Å². The highest BCUT2D eigenvalue weighted by molar-refractivity contribution is 5.24. The number of aromatic nitrogens is 1. The van der Waals surface area contributed by atoms with Crippen LogP contribution in [0.3, 0.4) is 0 Å². The first kappa shape index (κ1) is 14.7. The molecule has 3 nitrogen and oxygen atoms in total. The van der Waals surface area contributed by atoms with Gasteiger partial charge in [-0.1, -0.05) is 13.0 Å². The van der Waals surface area contributed by atoms with Gasteiger partial charge >= 0.3 is 0 Å². The third-order valence-electron chi connectivity index (χ3n) is 2.55. The first-order valence-electron chi connectivity index (χ1n) is 6.68. The zero-order valence-corrected chi connectivity index (χ0v) is 11.5. The maximum Gasteiger partial charge on any atom is 0.213 e. The minimum absolute atomic E-state index is 0.699. The monoisotopic (exact) mass is 248 g/mol. The Bertz CT molecular complexity index is 364. The molecular formula is C15H24N2O. The molecule has 1 N–H and O–H groups in total. The number of ether oxygens (including phenoxy) is 1. The van der Waals surface area contributed by atoms with Crippen molar-refractivity contribution in [1.82, 2.24) is 10.3 Å². The van der Waals surface area contributed by atoms with Crippen molar-refractivity contribution in [3.8, 4) is 5.88 Å². The predicted octanol–water partition coefficient (Wildman–Crippen LogP) is 3.23. The third kappa shape index (κ3) is 5.82. The van der Waals surface area contributed by atoms with Gasteiger partial charge in [0.05, 0.1) is 6.61 Å². The lowest BCUT2D eigenvalue weighted by atomic mass is 10.2. The number of nitrogens with one attached hydrogen (secondary N) is 1. The summed E-state index contributed by atoms with van der Waals surface area (Å²) < 4.78 is 5.65. The van der Waals surface area contributed by atoms with Crippen molar-refractivity contribution in [3.63, 3.8) is 0 Å². The summed E-state index contributed by atoms with van der Waals surface area (Å²) in [6.07, 6.45) is 5.03. The number of pyridine rings is 1. The number of hydrogen-bond donors (Lipinski definition) is 1. The summed E-state index contributed by atoms with van der Waals surface area (Å²) in [6, 6.07) is 4.11. The molecule has 0 atom stereocenters. The van der Waals surface area contributed by atoms with Crippen LogP contribution in [0.2, 0.25) is 0 Å². The normalized spacial score (nSPS) is 10.3. The van der Waals surface area contributed by atoms with E-state index in [4.69, 9.17) is 4.74 Å². The Morgan fingerprint density at radius 3 is 3.00 bits per heavy atom. The van der Waals surface area contributed by atoms with Crippen molar-refractivity contribution < 1.29 is 4.74 Å². The number of rotatable bonds is 9. The SMILES string of the molecule is C=CCCCOc1cc(CNCCC)cc(C)n1. The third-order valence-corrected chi connectivity index (χ3v) is 2.55. The maximum atomic E-state index is 5.65. The van der Waals surface area contributed by atoms with Crippen LogP contribution in [-0.4, -0.2) is 18.1 Å². The molecule has 1 rings (SSSR count). The quantitative estimate of drug-likeness (QED) is 0.538. The second-order valence-electron chi connectivity index (χ2n) is 4.41. The van der Waals surface area contributed by atoms with Crippen LogP contribution in [0.5, 0.6) is 5.88 Å². The molecule has 0 fully saturated rings. The highest BCUT2D eigenvalue weighted by Crippen LogP contribution is 2.13. The van der Waals surface area contributed by atoms with Gasteiger partial charge in [0.1, 0.15) is 0 Å². The topological polar surface area (TPSA) is 34.1 Å². The van der Waals surface area contributed by atoms with E-state index < -0.39 is 0 Å². The van der Waals surface area contributed by atoms with Crippen molar-refractivity contribution in [2.24, 2.45) is 0 Å². The summed E-state index contributed by atoms with van der Waals surface area (Å²) in [7, 11) is 0. The molecule has 0 aromatic carbocycles. The number of allylic oxidation sites excluding steroid dienone is 1. The fourth-order valence-electron chi connectivity index (χ4n) is 1.70. The largest absolute Gasteiger partial charge is 0.478 e. The molecule has 0 spiro atoms. The zero-order valence-electron chi connectivity index (χ0n) is 11.5. The Balaban J connectivity index is 2.48. The lowest BCUT2D eigenvalue weighted by Gasteiger charge is -2.09. The smallest absolute Gasteiger partial charge is 0.213 e. The molecule has 0 amide bonds. The average molecular weight is 248 g/mol. The van der Waals surface area contributed by atoms with Gasteiger partial charge in [-0.3, -0.25) is 0 Å². The van der Waals surface area contributed by atoms with Gasteiger partial charge < -0.3 is 10.1 Å². The Labute approximate surface area is 110 Å². The molecule has 1 heterocycles. The van der Waals surface area contributed by atoms with Crippen LogP contribution in [0.4, 0.5) is 0 Å². The standard InChI is InChI=1S/C15H24N2O/c1-4-6-7-9-18-15-11-14(10-13(3)17-15)12-16-8-5-2/h4,10-11,16H,1,5-9,12H2,2-3H3. The van der Waals surface area contributed by atoms with Crippen LogP contribution in [0.25, 0.3) is 0 Å². The predicted molar refractivity (Wildman–Crippen MR) is 75.9 cm³/mol. The first-order valence-corrected chi connectivity index (χ1v) is 6.68. The molecular weight excluding hydrogens is 224 g/mol. The molecule has 1 aromatic heterocycles. The molecule has 3 heteroatoms. The molecule has 100 valence electrons. The molecule has 0 aliphatic heterocycles. The van der Waals surface area contributed by atoms with Gasteiger partial charge in [-0.05, 0) is 44.4 Å². The molecule has 0 saturated carbocycles. The number of aryl methyl sites for hydroxylation is 1. The van der Waals surface area contributed by atoms with Gasteiger partial charge in [-0.15, -0.1) is 6.58 Å². The van der Waals surface area contributed by atoms with E-state index >= 15 is 0 Å². The minimum atomic E-state index is 0.699. The summed E-state index contributed by atoms with van der Waals surface area (Å²) in [5.41, 5.74) is 2.24. The van der Waals surface area contributed by atoms with E-state index in [2.05, 4.69) is 29.9 Å². The highest BCUT2D eigenvalue weighted by Gasteiger charge is 2.01. The summed E-state index contributed by atoms with van der Waals surface area (Å²) in [6.45, 7) is 10.5. The summed E-state index contributed by atoms with van der Waals surface area (Å²) in [4.78, 5) is 4.38. The molecule has 0 aliphatic carbocycles. The Hall–Kier alpha value is -1.35. The molecule has 0 radical (unpaired) electrons. The number of nitrogens with zero attached hydrogens (tertiary/aromatic N) is 1. The van der Waals surface area contributed by atoms with E-state index in [1.165, 1.54) is 5.56 Å². The van der Waals surface area contributed by atoms with Crippen molar-refractivity contribution in [1.29, 1.82) is 0 Å². The van der Waals surface area contributed by atoms with Gasteiger partial charge in [-0.25, -0.2) is 4.98 Å². The van der Waals surface area contributed by atoms with Crippen LogP contribution >= 0.6 is 0 Å². The van der Waals surface area contributed by atoms with Gasteiger partial charge in [0.25, 0.3) is 0 Å². The van der Waals surface area contributed by atoms with Gasteiger partial charge in [0.2, 0.25) is 5.88 Å². The Morgan fingerprint density at radius 2 is 2.28 bits per heavy atom. The number of unbranched alkanes of at least 4 members (excludes halogenated alkanes) is 1. The van der Waals surface area contributed by atoms with Crippen molar-refractivity contribution >= 4 is 0 Å². The second kappa shape index (κ2) is 8.70. The van der Waals surface area contributed by atoms with Gasteiger partial charge in [-0.2, -0.15) is 0 Å². The maximum absolute atomic E-state index is 5.65. The molecule has 0 saturated heterocycles. The molecule has 1 aromatic rings. The van der Waals surface area contributed by atoms with Crippen LogP contribution in [-0.2, 0) is 6.54 Å². The van der Waals surface area contributed by atoms with Crippen LogP contribution in [0.15, 0.2) is 24.8 Å². The fourth-order valence-corrected chi connectivity index (χ4v) is 1.70. The van der Waals surface area contributed by atoms with E-state index in [0.717, 1.165) is 43.9 Å². The summed E-state index contributed by atoms with van der Waals surface area (Å²) in [5.74, 6) is 0.729. The van der Waals surface area contributed by atoms with E-state index in [1.54, 1.807) is 0 Å². The summed E-state index contributed by atoms with van der Waals surface area (Å²) >= 11 is 0. The van der Waals surface area contributed by atoms with Gasteiger partial charge in [0.15, 0.2) is 0 Å². The first-order chi connectivity index (χ1) is 8.76. The Kier molecular flexibility index (Phi) is 7.11. The van der Waals surface area contributed by atoms with Gasteiger partial charge in [0, 0.05) is 18.3 Å². The average Bonchev–Trinajstić information content (AvgIpc) is 2.34. The highest BCUT2D eigenvalue weighted by atomic mass is 16.5. The molecule has 18 heavy (non-hydrogen) atoms.